The molecule has 24 heavy (non-hydrogen) atoms. The van der Waals surface area contributed by atoms with Crippen LogP contribution < -0.4 is 5.32 Å². The van der Waals surface area contributed by atoms with Gasteiger partial charge < -0.3 is 14.8 Å². The summed E-state index contributed by atoms with van der Waals surface area (Å²) in [6, 6.07) is 4.57. The summed E-state index contributed by atoms with van der Waals surface area (Å²) < 4.78 is 10.4. The van der Waals surface area contributed by atoms with Gasteiger partial charge in [0.2, 0.25) is 0 Å². The normalized spacial score (nSPS) is 19.7. The van der Waals surface area contributed by atoms with E-state index in [2.05, 4.69) is 5.32 Å². The highest BCUT2D eigenvalue weighted by Crippen LogP contribution is 2.26. The molecule has 1 fully saturated rings. The molecule has 3 amide bonds. The highest BCUT2D eigenvalue weighted by atomic mass is 16.5. The maximum atomic E-state index is 12.5. The number of methoxy groups -OCH3 is 1. The second-order valence-corrected chi connectivity index (χ2v) is 5.87. The number of carbonyl (C=O) groups is 3. The Bertz CT molecular complexity index is 667. The van der Waals surface area contributed by atoms with Crippen molar-refractivity contribution in [2.45, 2.75) is 18.9 Å². The molecule has 1 N–H and O–H groups in total. The van der Waals surface area contributed by atoms with Crippen LogP contribution in [-0.4, -0.2) is 62.1 Å². The summed E-state index contributed by atoms with van der Waals surface area (Å²) in [4.78, 5) is 38.2. The third kappa shape index (κ3) is 3.18. The largest absolute Gasteiger partial charge is 0.383 e. The van der Waals surface area contributed by atoms with Crippen molar-refractivity contribution in [2.24, 2.45) is 0 Å². The lowest BCUT2D eigenvalue weighted by atomic mass is 10.1. The Labute approximate surface area is 139 Å². The lowest BCUT2D eigenvalue weighted by molar-refractivity contribution is 0.0475. The van der Waals surface area contributed by atoms with Gasteiger partial charge in [0.25, 0.3) is 17.7 Å². The van der Waals surface area contributed by atoms with E-state index < -0.39 is 0 Å². The van der Waals surface area contributed by atoms with Gasteiger partial charge in [-0.1, -0.05) is 0 Å². The van der Waals surface area contributed by atoms with Crippen LogP contribution in [0.5, 0.6) is 0 Å². The average Bonchev–Trinajstić information content (AvgIpc) is 3.18. The number of ether oxygens (including phenoxy) is 2. The molecule has 1 aromatic carbocycles. The molecule has 0 spiro atoms. The quantitative estimate of drug-likeness (QED) is 0.616. The minimum absolute atomic E-state index is 0.0935. The summed E-state index contributed by atoms with van der Waals surface area (Å²) in [6.07, 6.45) is 1.70. The number of fused-ring (bicyclic) bond motifs is 1. The number of nitrogens with one attached hydrogen (secondary N) is 1. The second-order valence-electron chi connectivity index (χ2n) is 5.87. The second kappa shape index (κ2) is 7.11. The topological polar surface area (TPSA) is 84.9 Å². The monoisotopic (exact) mass is 332 g/mol. The van der Waals surface area contributed by atoms with Crippen molar-refractivity contribution in [2.75, 3.05) is 33.4 Å². The molecular formula is C17H20N2O5. The molecule has 1 unspecified atom stereocenters. The van der Waals surface area contributed by atoms with E-state index in [1.165, 1.54) is 17.0 Å². The number of amides is 3. The number of rotatable bonds is 6. The first-order valence-electron chi connectivity index (χ1n) is 8.01. The van der Waals surface area contributed by atoms with Crippen LogP contribution in [0.2, 0.25) is 0 Å². The zero-order valence-corrected chi connectivity index (χ0v) is 13.5. The van der Waals surface area contributed by atoms with Gasteiger partial charge in [-0.15, -0.1) is 0 Å². The molecule has 3 rings (SSSR count). The molecule has 2 aliphatic rings. The first-order valence-corrected chi connectivity index (χ1v) is 8.01. The van der Waals surface area contributed by atoms with Gasteiger partial charge in [0, 0.05) is 25.8 Å². The molecule has 2 aliphatic heterocycles. The number of carbonyl (C=O) groups excluding carboxylic acids is 3. The SMILES string of the molecule is COCCNC(=O)c1ccc2c(c1)C(=O)N(CC1CCCO1)C2=O. The number of nitrogens with zero attached hydrogens (tertiary/aromatic N) is 1. The Morgan fingerprint density at radius 3 is 2.83 bits per heavy atom. The minimum atomic E-state index is -0.364. The molecule has 0 bridgehead atoms. The van der Waals surface area contributed by atoms with E-state index in [9.17, 15) is 14.4 Å². The number of hydrogen-bond donors (Lipinski definition) is 1. The molecule has 0 aliphatic carbocycles. The molecule has 1 saturated heterocycles. The Kier molecular flexibility index (Phi) is 4.92. The summed E-state index contributed by atoms with van der Waals surface area (Å²) in [5.41, 5.74) is 0.966. The molecule has 7 heteroatoms. The van der Waals surface area contributed by atoms with Crippen molar-refractivity contribution >= 4 is 17.7 Å². The van der Waals surface area contributed by atoms with Crippen molar-refractivity contribution in [3.05, 3.63) is 34.9 Å². The van der Waals surface area contributed by atoms with Gasteiger partial charge in [-0.25, -0.2) is 0 Å². The van der Waals surface area contributed by atoms with Crippen molar-refractivity contribution in [1.82, 2.24) is 10.2 Å². The number of benzene rings is 1. The Morgan fingerprint density at radius 1 is 1.33 bits per heavy atom. The molecule has 0 radical (unpaired) electrons. The fourth-order valence-electron chi connectivity index (χ4n) is 2.96. The van der Waals surface area contributed by atoms with Crippen LogP contribution >= 0.6 is 0 Å². The van der Waals surface area contributed by atoms with Crippen LogP contribution in [0, 0.1) is 0 Å². The standard InChI is InChI=1S/C17H20N2O5/c1-23-8-6-18-15(20)11-4-5-13-14(9-11)17(22)19(16(13)21)10-12-3-2-7-24-12/h4-5,9,12H,2-3,6-8,10H2,1H3,(H,18,20). The molecule has 1 atom stereocenters. The van der Waals surface area contributed by atoms with Crippen LogP contribution in [0.3, 0.4) is 0 Å². The van der Waals surface area contributed by atoms with E-state index in [0.29, 0.717) is 30.9 Å². The maximum Gasteiger partial charge on any atom is 0.261 e. The third-order valence-electron chi connectivity index (χ3n) is 4.23. The van der Waals surface area contributed by atoms with Crippen LogP contribution in [0.1, 0.15) is 43.9 Å². The van der Waals surface area contributed by atoms with Gasteiger partial charge in [-0.3, -0.25) is 19.3 Å². The first kappa shape index (κ1) is 16.6. The molecule has 1 aromatic rings. The van der Waals surface area contributed by atoms with E-state index in [-0.39, 0.29) is 35.9 Å². The molecule has 0 aromatic heterocycles. The average molecular weight is 332 g/mol. The summed E-state index contributed by atoms with van der Waals surface area (Å²) in [5, 5.41) is 2.69. The van der Waals surface area contributed by atoms with Crippen LogP contribution in [0.15, 0.2) is 18.2 Å². The van der Waals surface area contributed by atoms with Crippen LogP contribution in [-0.2, 0) is 9.47 Å². The van der Waals surface area contributed by atoms with E-state index in [1.54, 1.807) is 13.2 Å². The third-order valence-corrected chi connectivity index (χ3v) is 4.23. The lowest BCUT2D eigenvalue weighted by Gasteiger charge is -2.17. The Balaban J connectivity index is 1.74. The van der Waals surface area contributed by atoms with Crippen LogP contribution in [0.25, 0.3) is 0 Å². The minimum Gasteiger partial charge on any atom is -0.383 e. The van der Waals surface area contributed by atoms with Gasteiger partial charge in [-0.05, 0) is 31.0 Å². The van der Waals surface area contributed by atoms with E-state index in [0.717, 1.165) is 12.8 Å². The Hall–Kier alpha value is -2.25. The van der Waals surface area contributed by atoms with E-state index in [1.807, 2.05) is 0 Å². The van der Waals surface area contributed by atoms with Gasteiger partial charge in [-0.2, -0.15) is 0 Å². The maximum absolute atomic E-state index is 12.5. The summed E-state index contributed by atoms with van der Waals surface area (Å²) in [6.45, 7) is 1.72. The van der Waals surface area contributed by atoms with Crippen LogP contribution in [0.4, 0.5) is 0 Å². The van der Waals surface area contributed by atoms with Gasteiger partial charge in [0.05, 0.1) is 30.4 Å². The van der Waals surface area contributed by atoms with E-state index >= 15 is 0 Å². The van der Waals surface area contributed by atoms with Gasteiger partial charge in [0.1, 0.15) is 0 Å². The highest BCUT2D eigenvalue weighted by Gasteiger charge is 2.37. The zero-order chi connectivity index (χ0) is 17.1. The predicted octanol–water partition coefficient (Wildman–Crippen LogP) is 0.838. The summed E-state index contributed by atoms with van der Waals surface area (Å²) >= 11 is 0. The van der Waals surface area contributed by atoms with Crippen molar-refractivity contribution < 1.29 is 23.9 Å². The lowest BCUT2D eigenvalue weighted by Crippen LogP contribution is -2.36. The van der Waals surface area contributed by atoms with Crippen molar-refractivity contribution in [3.63, 3.8) is 0 Å². The first-order chi connectivity index (χ1) is 11.6. The summed E-state index contributed by atoms with van der Waals surface area (Å²) in [7, 11) is 1.55. The zero-order valence-electron chi connectivity index (χ0n) is 13.5. The number of imide groups is 1. The van der Waals surface area contributed by atoms with Crippen molar-refractivity contribution in [1.29, 1.82) is 0 Å². The molecule has 0 saturated carbocycles. The molecular weight excluding hydrogens is 312 g/mol. The summed E-state index contributed by atoms with van der Waals surface area (Å²) in [5.74, 6) is -0.985. The molecule has 128 valence electrons. The smallest absolute Gasteiger partial charge is 0.261 e. The van der Waals surface area contributed by atoms with Gasteiger partial charge in [0.15, 0.2) is 0 Å². The highest BCUT2D eigenvalue weighted by molar-refractivity contribution is 6.22. The number of hydrogen-bond acceptors (Lipinski definition) is 5. The van der Waals surface area contributed by atoms with E-state index in [4.69, 9.17) is 9.47 Å². The van der Waals surface area contributed by atoms with Crippen molar-refractivity contribution in [3.8, 4) is 0 Å². The predicted molar refractivity (Wildman–Crippen MR) is 85.0 cm³/mol. The van der Waals surface area contributed by atoms with Gasteiger partial charge >= 0.3 is 0 Å². The Morgan fingerprint density at radius 2 is 2.12 bits per heavy atom. The fourth-order valence-corrected chi connectivity index (χ4v) is 2.96. The molecule has 2 heterocycles. The fraction of sp³-hybridized carbons (Fsp3) is 0.471. The molecule has 7 nitrogen and oxygen atoms in total.